The molecule has 126 valence electrons. The van der Waals surface area contributed by atoms with Crippen molar-refractivity contribution >= 4 is 80.9 Å². The number of carboxylic acids is 2. The Hall–Kier alpha value is -1.64. The molecule has 0 atom stereocenters. The van der Waals surface area contributed by atoms with Crippen molar-refractivity contribution in [2.75, 3.05) is 0 Å². The Kier molecular flexibility index (Phi) is 20.5. The van der Waals surface area contributed by atoms with E-state index in [9.17, 15) is 28.8 Å². The molecule has 0 aliphatic heterocycles. The van der Waals surface area contributed by atoms with Gasteiger partial charge in [0.25, 0.3) is 0 Å². The van der Waals surface area contributed by atoms with Crippen LogP contribution in [0.2, 0.25) is 0 Å². The summed E-state index contributed by atoms with van der Waals surface area (Å²) in [4.78, 5) is 62.8. The van der Waals surface area contributed by atoms with Crippen LogP contribution >= 0.6 is 0 Å². The van der Waals surface area contributed by atoms with Gasteiger partial charge in [0, 0.05) is 0 Å². The van der Waals surface area contributed by atoms with Crippen LogP contribution in [0.4, 0.5) is 0 Å². The number of hydrogen-bond acceptors (Lipinski definition) is 11. The second-order valence-corrected chi connectivity index (χ2v) is 3.01. The Morgan fingerprint density at radius 1 is 0.667 bits per heavy atom. The third-order valence-electron chi connectivity index (χ3n) is 1.17. The molecule has 0 saturated carbocycles. The van der Waals surface area contributed by atoms with Gasteiger partial charge in [0.15, 0.2) is 0 Å². The Labute approximate surface area is 157 Å². The molecule has 0 aliphatic rings. The molecule has 0 heterocycles. The van der Waals surface area contributed by atoms with Gasteiger partial charge in [0.05, 0.1) is 0 Å². The summed E-state index contributed by atoms with van der Waals surface area (Å²) < 4.78 is 7.39. The molecule has 13 nitrogen and oxygen atoms in total. The number of aliphatic carboxylic acids is 2. The zero-order chi connectivity index (χ0) is 17.9. The van der Waals surface area contributed by atoms with Crippen molar-refractivity contribution in [3.05, 3.63) is 0 Å². The quantitative estimate of drug-likeness (QED) is 0.140. The van der Waals surface area contributed by atoms with Gasteiger partial charge in [-0.2, -0.15) is 0 Å². The van der Waals surface area contributed by atoms with Crippen LogP contribution < -0.4 is 0 Å². The fourth-order valence-electron chi connectivity index (χ4n) is 0.609. The Morgan fingerprint density at radius 3 is 1.04 bits per heavy atom. The SMILES string of the molecule is O=C(O)CC(=O)OC(=O)C(=O)OC(=O)CC(=O)O.OB(O)O.[LiH].[LiH]. The summed E-state index contributed by atoms with van der Waals surface area (Å²) >= 11 is 0. The average Bonchev–Trinajstić information content (AvgIpc) is 2.24. The number of carbonyl (C=O) groups excluding carboxylic acids is 4. The summed E-state index contributed by atoms with van der Waals surface area (Å²) in [6.45, 7) is 0. The van der Waals surface area contributed by atoms with E-state index in [2.05, 4.69) is 9.47 Å². The zero-order valence-electron chi connectivity index (χ0n) is 10.5. The van der Waals surface area contributed by atoms with Crippen LogP contribution in [0.3, 0.4) is 0 Å². The van der Waals surface area contributed by atoms with Gasteiger partial charge in [-0.15, -0.1) is 0 Å². The number of hydrogen-bond donors (Lipinski definition) is 5. The second-order valence-electron chi connectivity index (χ2n) is 3.01. The fraction of sp³-hybridized carbons (Fsp3) is 0.250. The molecule has 24 heavy (non-hydrogen) atoms. The van der Waals surface area contributed by atoms with Crippen molar-refractivity contribution in [2.24, 2.45) is 0 Å². The Morgan fingerprint density at radius 2 is 0.875 bits per heavy atom. The van der Waals surface area contributed by atoms with Crippen LogP contribution in [0, 0.1) is 0 Å². The van der Waals surface area contributed by atoms with E-state index in [1.54, 1.807) is 0 Å². The van der Waals surface area contributed by atoms with E-state index in [0.29, 0.717) is 0 Å². The van der Waals surface area contributed by atoms with Gasteiger partial charge in [-0.3, -0.25) is 19.2 Å². The van der Waals surface area contributed by atoms with Crippen molar-refractivity contribution in [3.8, 4) is 0 Å². The molecule has 0 bridgehead atoms. The molecule has 0 amide bonds. The van der Waals surface area contributed by atoms with Crippen LogP contribution in [0.15, 0.2) is 0 Å². The first kappa shape index (κ1) is 30.3. The van der Waals surface area contributed by atoms with E-state index in [-0.39, 0.29) is 37.7 Å². The maximum absolute atomic E-state index is 10.7. The molecule has 0 rings (SSSR count). The molecule has 0 aromatic carbocycles. The van der Waals surface area contributed by atoms with Crippen molar-refractivity contribution < 1.29 is 63.5 Å². The predicted molar refractivity (Wildman–Crippen MR) is 73.4 cm³/mol. The van der Waals surface area contributed by atoms with Crippen molar-refractivity contribution in [1.29, 1.82) is 0 Å². The summed E-state index contributed by atoms with van der Waals surface area (Å²) in [6, 6.07) is 0. The van der Waals surface area contributed by atoms with Crippen LogP contribution in [0.1, 0.15) is 12.8 Å². The van der Waals surface area contributed by atoms with E-state index >= 15 is 0 Å². The molecule has 5 N–H and O–H groups in total. The predicted octanol–water partition coefficient (Wildman–Crippen LogP) is -5.27. The van der Waals surface area contributed by atoms with Gasteiger partial charge >= 0.3 is 80.9 Å². The normalized spacial score (nSPS) is 7.96. The Balaban J connectivity index is -0.000000298. The molecule has 16 heteroatoms. The number of carboxylic acid groups (broad SMARTS) is 2. The first-order valence-electron chi connectivity index (χ1n) is 4.93. The number of ether oxygens (including phenoxy) is 2. The van der Waals surface area contributed by atoms with Crippen molar-refractivity contribution in [1.82, 2.24) is 0 Å². The zero-order valence-corrected chi connectivity index (χ0v) is 10.5. The summed E-state index contributed by atoms with van der Waals surface area (Å²) in [5.74, 6) is -10.1. The standard InChI is InChI=1S/C8H6O10.BH3O3.2Li.2H/c9-3(10)1-5(13)17-7(15)8(16)18-6(14)2-4(11)12;2-1(3)4;;;;/h1-2H2,(H,9,10)(H,11,12);2-4H;;;;. The minimum absolute atomic E-state index is 0. The second kappa shape index (κ2) is 16.2. The van der Waals surface area contributed by atoms with Crippen molar-refractivity contribution in [2.45, 2.75) is 12.8 Å². The monoisotopic (exact) mass is 340 g/mol. The van der Waals surface area contributed by atoms with Crippen LogP contribution in [-0.2, 0) is 38.2 Å². The molecule has 0 aromatic heterocycles. The van der Waals surface area contributed by atoms with Gasteiger partial charge in [-0.1, -0.05) is 0 Å². The van der Waals surface area contributed by atoms with Gasteiger partial charge in [-0.25, -0.2) is 9.59 Å². The molecule has 0 aromatic rings. The van der Waals surface area contributed by atoms with Crippen LogP contribution in [0.25, 0.3) is 0 Å². The Bertz CT molecular complexity index is 434. The first-order chi connectivity index (χ1) is 9.95. The van der Waals surface area contributed by atoms with Gasteiger partial charge in [0.2, 0.25) is 0 Å². The van der Waals surface area contributed by atoms with Gasteiger partial charge in [0.1, 0.15) is 12.8 Å². The van der Waals surface area contributed by atoms with E-state index in [1.165, 1.54) is 0 Å². The van der Waals surface area contributed by atoms with E-state index in [0.717, 1.165) is 0 Å². The van der Waals surface area contributed by atoms with Gasteiger partial charge in [-0.05, 0) is 0 Å². The molecule has 0 fully saturated rings. The maximum atomic E-state index is 10.7. The van der Waals surface area contributed by atoms with E-state index in [4.69, 9.17) is 25.3 Å². The van der Waals surface area contributed by atoms with E-state index in [1.807, 2.05) is 0 Å². The summed E-state index contributed by atoms with van der Waals surface area (Å²) in [6.07, 6.45) is -2.33. The van der Waals surface area contributed by atoms with Gasteiger partial charge < -0.3 is 34.8 Å². The topological polar surface area (TPSA) is 222 Å². The molecular weight excluding hydrogens is 329 g/mol. The third-order valence-corrected chi connectivity index (χ3v) is 1.17. The van der Waals surface area contributed by atoms with Crippen LogP contribution in [0.5, 0.6) is 0 Å². The van der Waals surface area contributed by atoms with Crippen molar-refractivity contribution in [3.63, 3.8) is 0 Å². The number of esters is 4. The molecule has 0 unspecified atom stereocenters. The molecule has 0 aliphatic carbocycles. The summed E-state index contributed by atoms with van der Waals surface area (Å²) in [5, 5.41) is 37.8. The third kappa shape index (κ3) is 22.6. The number of carbonyl (C=O) groups is 6. The molecule has 0 radical (unpaired) electrons. The minimum atomic E-state index is -2.17. The number of rotatable bonds is 4. The molecular formula is C8H11BLi2O13. The summed E-state index contributed by atoms with van der Waals surface area (Å²) in [5.41, 5.74) is 0. The fourth-order valence-corrected chi connectivity index (χ4v) is 0.609. The summed E-state index contributed by atoms with van der Waals surface area (Å²) in [7, 11) is -2.17. The molecule has 0 spiro atoms. The van der Waals surface area contributed by atoms with E-state index < -0.39 is 56.0 Å². The van der Waals surface area contributed by atoms with Crippen LogP contribution in [-0.4, -0.2) is 106 Å². The molecule has 0 saturated heterocycles. The average molecular weight is 340 g/mol. The first-order valence-corrected chi connectivity index (χ1v) is 4.93.